The lowest BCUT2D eigenvalue weighted by molar-refractivity contribution is 0.0437. The zero-order chi connectivity index (χ0) is 20.8. The highest BCUT2D eigenvalue weighted by Crippen LogP contribution is 2.33. The molecule has 0 spiro atoms. The van der Waals surface area contributed by atoms with Crippen molar-refractivity contribution in [2.24, 2.45) is 4.99 Å². The Labute approximate surface area is 170 Å². The Kier molecular flexibility index (Phi) is 6.77. The Morgan fingerprint density at radius 2 is 1.79 bits per heavy atom. The second kappa shape index (κ2) is 9.47. The van der Waals surface area contributed by atoms with E-state index < -0.39 is 0 Å². The van der Waals surface area contributed by atoms with E-state index in [1.807, 2.05) is 16.7 Å². The lowest BCUT2D eigenvalue weighted by atomic mass is 10.1. The van der Waals surface area contributed by atoms with E-state index >= 15 is 0 Å². The number of benzene rings is 1. The first kappa shape index (κ1) is 20.7. The number of nitriles is 1. The van der Waals surface area contributed by atoms with Crippen molar-refractivity contribution >= 4 is 17.6 Å². The summed E-state index contributed by atoms with van der Waals surface area (Å²) in [6.45, 7) is 7.12. The molecule has 3 rings (SSSR count). The third kappa shape index (κ3) is 4.90. The summed E-state index contributed by atoms with van der Waals surface area (Å²) in [6.07, 6.45) is 0.840. The number of ether oxygens (including phenoxy) is 2. The van der Waals surface area contributed by atoms with Crippen LogP contribution in [-0.2, 0) is 4.74 Å². The molecule has 1 N–H and O–H groups in total. The molecule has 29 heavy (non-hydrogen) atoms. The maximum Gasteiger partial charge on any atom is 0.320 e. The topological polar surface area (TPSA) is 102 Å². The zero-order valence-corrected chi connectivity index (χ0v) is 16.9. The number of amides is 2. The van der Waals surface area contributed by atoms with E-state index in [9.17, 15) is 15.2 Å². The summed E-state index contributed by atoms with van der Waals surface area (Å²) < 4.78 is 10.5. The van der Waals surface area contributed by atoms with Crippen molar-refractivity contribution in [1.29, 1.82) is 5.26 Å². The molecule has 156 valence electrons. The molecule has 0 aromatic heterocycles. The van der Waals surface area contributed by atoms with Crippen LogP contribution in [0.3, 0.4) is 0 Å². The van der Waals surface area contributed by atoms with Gasteiger partial charge in [-0.2, -0.15) is 5.26 Å². The van der Waals surface area contributed by atoms with E-state index in [-0.39, 0.29) is 23.1 Å². The number of morpholine rings is 1. The SMILES string of the molecule is COc1cc(N=C(C)N2CCCN(C(=O)N3CCOCC3)CC2)c(C#N)cc1O. The molecule has 1 aromatic rings. The highest BCUT2D eigenvalue weighted by molar-refractivity contribution is 5.84. The molecule has 0 saturated carbocycles. The van der Waals surface area contributed by atoms with E-state index in [1.165, 1.54) is 13.2 Å². The van der Waals surface area contributed by atoms with Gasteiger partial charge in [-0.15, -0.1) is 0 Å². The van der Waals surface area contributed by atoms with E-state index in [4.69, 9.17) is 9.47 Å². The molecule has 0 aliphatic carbocycles. The normalized spacial score (nSPS) is 18.2. The Balaban J connectivity index is 1.70. The number of hydrogen-bond donors (Lipinski definition) is 1. The van der Waals surface area contributed by atoms with Gasteiger partial charge < -0.3 is 29.3 Å². The summed E-state index contributed by atoms with van der Waals surface area (Å²) in [5.74, 6) is 0.941. The van der Waals surface area contributed by atoms with Crippen LogP contribution in [0.2, 0.25) is 0 Å². The van der Waals surface area contributed by atoms with Crippen molar-refractivity contribution in [2.45, 2.75) is 13.3 Å². The first-order chi connectivity index (χ1) is 14.0. The number of carbonyl (C=O) groups is 1. The number of rotatable bonds is 2. The van der Waals surface area contributed by atoms with Gasteiger partial charge in [-0.1, -0.05) is 0 Å². The van der Waals surface area contributed by atoms with Crippen molar-refractivity contribution in [3.8, 4) is 17.6 Å². The largest absolute Gasteiger partial charge is 0.504 e. The second-order valence-electron chi connectivity index (χ2n) is 7.02. The molecule has 2 amide bonds. The van der Waals surface area contributed by atoms with Crippen molar-refractivity contribution in [3.05, 3.63) is 17.7 Å². The maximum atomic E-state index is 12.7. The molecule has 0 atom stereocenters. The Morgan fingerprint density at radius 3 is 2.48 bits per heavy atom. The number of amidine groups is 1. The van der Waals surface area contributed by atoms with Gasteiger partial charge in [-0.3, -0.25) is 0 Å². The van der Waals surface area contributed by atoms with Crippen LogP contribution < -0.4 is 4.74 Å². The van der Waals surface area contributed by atoms with Gasteiger partial charge in [0.25, 0.3) is 0 Å². The van der Waals surface area contributed by atoms with E-state index in [0.717, 1.165) is 18.8 Å². The van der Waals surface area contributed by atoms with Gasteiger partial charge in [0.1, 0.15) is 11.9 Å². The third-order valence-electron chi connectivity index (χ3n) is 5.21. The molecule has 2 heterocycles. The standard InChI is InChI=1S/C20H27N5O4/c1-15(22-17-13-19(28-2)18(26)12-16(17)14-21)23-4-3-5-24(7-6-23)20(27)25-8-10-29-11-9-25/h12-13,26H,3-11H2,1-2H3. The lowest BCUT2D eigenvalue weighted by Crippen LogP contribution is -2.49. The summed E-state index contributed by atoms with van der Waals surface area (Å²) in [4.78, 5) is 23.2. The molecule has 2 aliphatic heterocycles. The van der Waals surface area contributed by atoms with Crippen LogP contribution in [0.4, 0.5) is 10.5 Å². The second-order valence-corrected chi connectivity index (χ2v) is 7.02. The molecule has 0 radical (unpaired) electrons. The van der Waals surface area contributed by atoms with Crippen LogP contribution in [-0.4, -0.2) is 91.3 Å². The molecule has 9 heteroatoms. The number of phenols is 1. The summed E-state index contributed by atoms with van der Waals surface area (Å²) in [7, 11) is 1.45. The minimum atomic E-state index is -0.0901. The molecule has 2 fully saturated rings. The van der Waals surface area contributed by atoms with Crippen LogP contribution in [0.15, 0.2) is 17.1 Å². The van der Waals surface area contributed by atoms with E-state index in [0.29, 0.717) is 51.6 Å². The van der Waals surface area contributed by atoms with Gasteiger partial charge in [-0.25, -0.2) is 9.79 Å². The molecule has 9 nitrogen and oxygen atoms in total. The fourth-order valence-electron chi connectivity index (χ4n) is 3.54. The molecule has 2 saturated heterocycles. The van der Waals surface area contributed by atoms with Crippen molar-refractivity contribution < 1.29 is 19.4 Å². The molecular weight excluding hydrogens is 374 g/mol. The number of carbonyl (C=O) groups excluding carboxylic acids is 1. The van der Waals surface area contributed by atoms with Crippen LogP contribution in [0.1, 0.15) is 18.9 Å². The van der Waals surface area contributed by atoms with Crippen LogP contribution >= 0.6 is 0 Å². The quantitative estimate of drug-likeness (QED) is 0.599. The average Bonchev–Trinajstić information content (AvgIpc) is 3.01. The third-order valence-corrected chi connectivity index (χ3v) is 5.21. The summed E-state index contributed by atoms with van der Waals surface area (Å²) in [6, 6.07) is 5.04. The number of aromatic hydroxyl groups is 1. The lowest BCUT2D eigenvalue weighted by Gasteiger charge is -2.32. The van der Waals surface area contributed by atoms with Gasteiger partial charge >= 0.3 is 6.03 Å². The maximum absolute atomic E-state index is 12.7. The van der Waals surface area contributed by atoms with Gasteiger partial charge in [0.15, 0.2) is 11.5 Å². The predicted molar refractivity (Wildman–Crippen MR) is 108 cm³/mol. The minimum absolute atomic E-state index is 0.0692. The highest BCUT2D eigenvalue weighted by atomic mass is 16.5. The average molecular weight is 401 g/mol. The predicted octanol–water partition coefficient (Wildman–Crippen LogP) is 1.78. The Bertz CT molecular complexity index is 814. The van der Waals surface area contributed by atoms with Crippen molar-refractivity contribution in [2.75, 3.05) is 59.6 Å². The fraction of sp³-hybridized carbons (Fsp3) is 0.550. The molecular formula is C20H27N5O4. The van der Waals surface area contributed by atoms with E-state index in [1.54, 1.807) is 6.07 Å². The minimum Gasteiger partial charge on any atom is -0.504 e. The number of methoxy groups -OCH3 is 1. The number of aliphatic imine (C=N–C) groups is 1. The molecule has 2 aliphatic rings. The van der Waals surface area contributed by atoms with Gasteiger partial charge in [0, 0.05) is 51.4 Å². The summed E-state index contributed by atoms with van der Waals surface area (Å²) >= 11 is 0. The van der Waals surface area contributed by atoms with Gasteiger partial charge in [0.05, 0.1) is 31.6 Å². The van der Waals surface area contributed by atoms with Crippen LogP contribution in [0.25, 0.3) is 0 Å². The smallest absolute Gasteiger partial charge is 0.320 e. The van der Waals surface area contributed by atoms with E-state index in [2.05, 4.69) is 16.0 Å². The first-order valence-corrected chi connectivity index (χ1v) is 9.76. The van der Waals surface area contributed by atoms with Gasteiger partial charge in [-0.05, 0) is 13.3 Å². The Hall–Kier alpha value is -2.99. The van der Waals surface area contributed by atoms with Crippen molar-refractivity contribution in [1.82, 2.24) is 14.7 Å². The molecule has 0 unspecified atom stereocenters. The monoisotopic (exact) mass is 401 g/mol. The molecule has 1 aromatic carbocycles. The molecule has 0 bridgehead atoms. The zero-order valence-electron chi connectivity index (χ0n) is 16.9. The van der Waals surface area contributed by atoms with Crippen molar-refractivity contribution in [3.63, 3.8) is 0 Å². The highest BCUT2D eigenvalue weighted by Gasteiger charge is 2.25. The number of urea groups is 1. The van der Waals surface area contributed by atoms with Crippen LogP contribution in [0, 0.1) is 11.3 Å². The summed E-state index contributed by atoms with van der Waals surface area (Å²) in [5, 5.41) is 19.2. The number of hydrogen-bond acceptors (Lipinski definition) is 6. The fourth-order valence-corrected chi connectivity index (χ4v) is 3.54. The Morgan fingerprint density at radius 1 is 1.14 bits per heavy atom. The van der Waals surface area contributed by atoms with Crippen LogP contribution in [0.5, 0.6) is 11.5 Å². The summed E-state index contributed by atoms with van der Waals surface area (Å²) in [5.41, 5.74) is 0.728. The first-order valence-electron chi connectivity index (χ1n) is 9.76. The number of phenolic OH excluding ortho intramolecular Hbond substituents is 1. The van der Waals surface area contributed by atoms with Gasteiger partial charge in [0.2, 0.25) is 0 Å². The number of nitrogens with zero attached hydrogens (tertiary/aromatic N) is 5.